The maximum atomic E-state index is 13.1. The topological polar surface area (TPSA) is 164 Å². The summed E-state index contributed by atoms with van der Waals surface area (Å²) in [6.07, 6.45) is -1.98. The Kier molecular flexibility index (Phi) is 8.09. The molecule has 11 nitrogen and oxygen atoms in total. The van der Waals surface area contributed by atoms with Gasteiger partial charge in [-0.05, 0) is 49.9 Å². The maximum absolute atomic E-state index is 13.1. The zero-order valence-corrected chi connectivity index (χ0v) is 21.5. The number of aromatic amines is 1. The normalized spacial score (nSPS) is 18.1. The van der Waals surface area contributed by atoms with Crippen LogP contribution in [0.25, 0.3) is 5.69 Å². The highest BCUT2D eigenvalue weighted by Gasteiger charge is 2.27. The van der Waals surface area contributed by atoms with Gasteiger partial charge in [0, 0.05) is 12.1 Å². The third kappa shape index (κ3) is 5.99. The van der Waals surface area contributed by atoms with Gasteiger partial charge in [-0.3, -0.25) is 9.78 Å². The molecule has 1 fully saturated rings. The van der Waals surface area contributed by atoms with Crippen LogP contribution in [0.4, 0.5) is 8.78 Å². The van der Waals surface area contributed by atoms with Crippen molar-refractivity contribution in [1.29, 1.82) is 0 Å². The molecule has 1 heterocycles. The second kappa shape index (κ2) is 11.0. The quantitative estimate of drug-likeness (QED) is 0.325. The Labute approximate surface area is 223 Å². The van der Waals surface area contributed by atoms with Crippen molar-refractivity contribution >= 4 is 33.2 Å². The van der Waals surface area contributed by atoms with Gasteiger partial charge in [-0.2, -0.15) is 9.78 Å². The van der Waals surface area contributed by atoms with Crippen molar-refractivity contribution in [3.63, 3.8) is 0 Å². The van der Waals surface area contributed by atoms with Crippen molar-refractivity contribution < 1.29 is 32.1 Å². The first-order valence-electron chi connectivity index (χ1n) is 11.1. The Hall–Kier alpha value is -3.04. The van der Waals surface area contributed by atoms with E-state index in [2.05, 4.69) is 9.82 Å². The first-order chi connectivity index (χ1) is 17.9. The first-order valence-corrected chi connectivity index (χ1v) is 13.3. The maximum Gasteiger partial charge on any atom is 0.349 e. The number of aliphatic hydroxyl groups is 1. The lowest BCUT2D eigenvalue weighted by molar-refractivity contribution is 0.120. The molecule has 0 amide bonds. The summed E-state index contributed by atoms with van der Waals surface area (Å²) in [5, 5.41) is 22.8. The highest BCUT2D eigenvalue weighted by atomic mass is 35.5. The predicted molar refractivity (Wildman–Crippen MR) is 132 cm³/mol. The van der Waals surface area contributed by atoms with Crippen molar-refractivity contribution in [2.75, 3.05) is 0 Å². The van der Waals surface area contributed by atoms with E-state index in [1.54, 1.807) is 4.98 Å². The van der Waals surface area contributed by atoms with Crippen LogP contribution < -0.4 is 20.7 Å². The number of nitrogens with one attached hydrogen (secondary N) is 2. The summed E-state index contributed by atoms with van der Waals surface area (Å²) in [5.41, 5.74) is -3.81. The number of phenols is 1. The van der Waals surface area contributed by atoms with Gasteiger partial charge in [-0.15, -0.1) is 0 Å². The smallest absolute Gasteiger partial charge is 0.349 e. The molecular weight excluding hydrogens is 573 g/mol. The molecule has 38 heavy (non-hydrogen) atoms. The molecule has 0 atom stereocenters. The van der Waals surface area contributed by atoms with Gasteiger partial charge in [0.1, 0.15) is 16.4 Å². The number of alkyl halides is 2. The van der Waals surface area contributed by atoms with Crippen molar-refractivity contribution in [2.24, 2.45) is 0 Å². The number of phenolic OH excluding ortho intramolecular Hbond substituents is 1. The van der Waals surface area contributed by atoms with Gasteiger partial charge in [0.2, 0.25) is 10.0 Å². The number of aliphatic hydroxyl groups excluding tert-OH is 1. The van der Waals surface area contributed by atoms with E-state index >= 15 is 0 Å². The minimum absolute atomic E-state index is 0.0712. The summed E-state index contributed by atoms with van der Waals surface area (Å²) in [5.74, 6) is -0.781. The van der Waals surface area contributed by atoms with Crippen LogP contribution in [0, 0.1) is 0 Å². The summed E-state index contributed by atoms with van der Waals surface area (Å²) in [6.45, 7) is 0. The Morgan fingerprint density at radius 3 is 2.34 bits per heavy atom. The zero-order valence-electron chi connectivity index (χ0n) is 19.2. The van der Waals surface area contributed by atoms with Gasteiger partial charge in [-0.25, -0.2) is 26.7 Å². The van der Waals surface area contributed by atoms with E-state index in [-0.39, 0.29) is 27.2 Å². The molecule has 1 aliphatic carbocycles. The van der Waals surface area contributed by atoms with Gasteiger partial charge in [0.05, 0.1) is 21.8 Å². The Balaban J connectivity index is 1.63. The van der Waals surface area contributed by atoms with E-state index in [0.717, 1.165) is 24.3 Å². The highest BCUT2D eigenvalue weighted by molar-refractivity contribution is 7.89. The molecule has 0 radical (unpaired) electrons. The van der Waals surface area contributed by atoms with E-state index in [4.69, 9.17) is 27.9 Å². The van der Waals surface area contributed by atoms with Crippen molar-refractivity contribution in [3.8, 4) is 22.9 Å². The predicted octanol–water partition coefficient (Wildman–Crippen LogP) is 3.24. The Morgan fingerprint density at radius 2 is 1.74 bits per heavy atom. The van der Waals surface area contributed by atoms with Crippen molar-refractivity contribution in [2.45, 2.75) is 49.2 Å². The molecule has 0 unspecified atom stereocenters. The van der Waals surface area contributed by atoms with E-state index in [1.807, 2.05) is 0 Å². The van der Waals surface area contributed by atoms with Gasteiger partial charge < -0.3 is 14.9 Å². The van der Waals surface area contributed by atoms with E-state index < -0.39 is 56.2 Å². The van der Waals surface area contributed by atoms with Gasteiger partial charge in [0.25, 0.3) is 12.0 Å². The number of nitrogens with zero attached hydrogens (tertiary/aromatic N) is 2. The fourth-order valence-electron chi connectivity index (χ4n) is 3.86. The lowest BCUT2D eigenvalue weighted by Crippen LogP contribution is -2.38. The molecule has 1 aliphatic rings. The van der Waals surface area contributed by atoms with Crippen LogP contribution in [0.1, 0.15) is 37.8 Å². The summed E-state index contributed by atoms with van der Waals surface area (Å²) < 4.78 is 60.6. The number of rotatable bonds is 7. The molecular formula is C22H20Cl2F2N4O7S. The molecule has 1 saturated carbocycles. The third-order valence-electron chi connectivity index (χ3n) is 5.75. The van der Waals surface area contributed by atoms with Crippen LogP contribution in [0.2, 0.25) is 10.0 Å². The second-order valence-corrected chi connectivity index (χ2v) is 11.0. The summed E-state index contributed by atoms with van der Waals surface area (Å²) >= 11 is 12.5. The SMILES string of the molecule is O=c1[nH]c(=O)n(-c2cc(Cl)c(Oc3ccc(O)c(S(=O)(=O)NC4CCC(O)CC4)c3)c(Cl)c2)nc1C(F)F. The second-order valence-electron chi connectivity index (χ2n) is 8.45. The van der Waals surface area contributed by atoms with Crippen LogP contribution in [0.5, 0.6) is 17.2 Å². The van der Waals surface area contributed by atoms with E-state index in [1.165, 1.54) is 6.07 Å². The number of aromatic nitrogens is 3. The molecule has 204 valence electrons. The van der Waals surface area contributed by atoms with E-state index in [9.17, 15) is 37.0 Å². The highest BCUT2D eigenvalue weighted by Crippen LogP contribution is 2.39. The molecule has 0 spiro atoms. The van der Waals surface area contributed by atoms with Gasteiger partial charge >= 0.3 is 5.69 Å². The zero-order chi connectivity index (χ0) is 27.8. The summed E-state index contributed by atoms with van der Waals surface area (Å²) in [7, 11) is -4.17. The van der Waals surface area contributed by atoms with Crippen molar-refractivity contribution in [3.05, 3.63) is 66.9 Å². The molecule has 1 aromatic heterocycles. The van der Waals surface area contributed by atoms with Crippen LogP contribution in [0.3, 0.4) is 0 Å². The lowest BCUT2D eigenvalue weighted by atomic mass is 9.94. The van der Waals surface area contributed by atoms with Crippen molar-refractivity contribution in [1.82, 2.24) is 19.5 Å². The Bertz CT molecular complexity index is 1570. The fourth-order valence-corrected chi connectivity index (χ4v) is 5.83. The Morgan fingerprint density at radius 1 is 1.11 bits per heavy atom. The molecule has 4 rings (SSSR count). The number of hydrogen-bond donors (Lipinski definition) is 4. The van der Waals surface area contributed by atoms with Gasteiger partial charge in [-0.1, -0.05) is 23.2 Å². The number of sulfonamides is 1. The number of hydrogen-bond acceptors (Lipinski definition) is 8. The molecule has 0 saturated heterocycles. The van der Waals surface area contributed by atoms with Crippen LogP contribution in [-0.4, -0.2) is 45.5 Å². The number of ether oxygens (including phenoxy) is 1. The molecule has 2 aromatic carbocycles. The fraction of sp³-hybridized carbons (Fsp3) is 0.318. The first kappa shape index (κ1) is 28.0. The number of H-pyrrole nitrogens is 1. The number of benzene rings is 2. The van der Waals surface area contributed by atoms with Gasteiger partial charge in [0.15, 0.2) is 11.4 Å². The van der Waals surface area contributed by atoms with Crippen LogP contribution >= 0.6 is 23.2 Å². The average molecular weight is 593 g/mol. The van der Waals surface area contributed by atoms with E-state index in [0.29, 0.717) is 30.4 Å². The number of halogens is 4. The molecule has 4 N–H and O–H groups in total. The largest absolute Gasteiger partial charge is 0.507 e. The molecule has 0 aliphatic heterocycles. The summed E-state index contributed by atoms with van der Waals surface area (Å²) in [4.78, 5) is 24.9. The molecule has 3 aromatic rings. The molecule has 0 bridgehead atoms. The number of aromatic hydroxyl groups is 1. The van der Waals surface area contributed by atoms with Crippen LogP contribution in [-0.2, 0) is 10.0 Å². The lowest BCUT2D eigenvalue weighted by Gasteiger charge is -2.26. The minimum atomic E-state index is -4.17. The average Bonchev–Trinajstić information content (AvgIpc) is 2.83. The third-order valence-corrected chi connectivity index (χ3v) is 7.86. The van der Waals surface area contributed by atoms with Crippen LogP contribution in [0.15, 0.2) is 44.8 Å². The minimum Gasteiger partial charge on any atom is -0.507 e. The molecule has 16 heteroatoms. The standard InChI is InChI=1S/C22H20Cl2F2N4O7S/c23-14-7-11(30-22(34)27-21(33)18(28-30)20(25)26)8-15(24)19(14)37-13-5-6-16(32)17(9-13)38(35,36)29-10-1-3-12(31)4-2-10/h5-10,12,20,29,31-32H,1-4H2,(H,27,33,34). The monoisotopic (exact) mass is 592 g/mol. The summed E-state index contributed by atoms with van der Waals surface area (Å²) in [6, 6.07) is 5.22.